The number of nitrogens with one attached hydrogen (secondary N) is 2. The zero-order valence-corrected chi connectivity index (χ0v) is 12.8. The molecule has 20 heavy (non-hydrogen) atoms. The normalized spacial score (nSPS) is 10.1. The summed E-state index contributed by atoms with van der Waals surface area (Å²) in [5.74, 6) is -0.774. The van der Waals surface area contributed by atoms with Gasteiger partial charge < -0.3 is 15.7 Å². The lowest BCUT2D eigenvalue weighted by Crippen LogP contribution is -2.35. The minimum absolute atomic E-state index is 0.189. The Hall–Kier alpha value is -1.56. The molecule has 0 radical (unpaired) electrons. The zero-order chi connectivity index (χ0) is 14.8. The third-order valence-electron chi connectivity index (χ3n) is 2.75. The Kier molecular flexibility index (Phi) is 7.72. The summed E-state index contributed by atoms with van der Waals surface area (Å²) < 4.78 is 0.967. The summed E-state index contributed by atoms with van der Waals surface area (Å²) in [4.78, 5) is 21.8. The van der Waals surface area contributed by atoms with Gasteiger partial charge in [-0.25, -0.2) is 4.79 Å². The Bertz CT molecular complexity index is 452. The highest BCUT2D eigenvalue weighted by atomic mass is 79.9. The average molecular weight is 343 g/mol. The molecule has 2 amide bonds. The lowest BCUT2D eigenvalue weighted by molar-refractivity contribution is -0.137. The molecule has 0 atom stereocenters. The van der Waals surface area contributed by atoms with E-state index in [9.17, 15) is 9.59 Å². The highest BCUT2D eigenvalue weighted by molar-refractivity contribution is 9.10. The van der Waals surface area contributed by atoms with Crippen LogP contribution in [0.1, 0.15) is 31.2 Å². The second-order valence-electron chi connectivity index (χ2n) is 4.41. The van der Waals surface area contributed by atoms with Gasteiger partial charge in [0.05, 0.1) is 0 Å². The van der Waals surface area contributed by atoms with Crippen molar-refractivity contribution in [2.24, 2.45) is 0 Å². The van der Waals surface area contributed by atoms with Crippen molar-refractivity contribution in [2.45, 2.75) is 32.2 Å². The highest BCUT2D eigenvalue weighted by Gasteiger charge is 2.02. The number of rotatable bonds is 8. The van der Waals surface area contributed by atoms with Crippen molar-refractivity contribution < 1.29 is 14.7 Å². The Morgan fingerprint density at radius 1 is 1.10 bits per heavy atom. The van der Waals surface area contributed by atoms with Crippen LogP contribution in [0.25, 0.3) is 0 Å². The quantitative estimate of drug-likeness (QED) is 0.635. The standard InChI is InChI=1S/C14H19BrN2O3/c15-12-7-4-3-6-11(12)10-17-14(20)16-9-5-1-2-8-13(18)19/h3-4,6-7H,1-2,5,8-10H2,(H,18,19)(H2,16,17,20). The van der Waals surface area contributed by atoms with Crippen molar-refractivity contribution in [1.82, 2.24) is 10.6 Å². The number of halogens is 1. The summed E-state index contributed by atoms with van der Waals surface area (Å²) >= 11 is 3.42. The molecule has 1 rings (SSSR count). The van der Waals surface area contributed by atoms with Gasteiger partial charge in [-0.1, -0.05) is 40.5 Å². The second kappa shape index (κ2) is 9.36. The molecule has 1 aromatic rings. The van der Waals surface area contributed by atoms with Crippen molar-refractivity contribution in [2.75, 3.05) is 6.54 Å². The summed E-state index contributed by atoms with van der Waals surface area (Å²) in [5.41, 5.74) is 1.02. The maximum absolute atomic E-state index is 11.5. The first-order chi connectivity index (χ1) is 9.59. The van der Waals surface area contributed by atoms with Crippen molar-refractivity contribution >= 4 is 27.9 Å². The first-order valence-corrected chi connectivity index (χ1v) is 7.36. The fourth-order valence-corrected chi connectivity index (χ4v) is 2.08. The predicted octanol–water partition coefficient (Wildman–Crippen LogP) is 2.89. The van der Waals surface area contributed by atoms with Gasteiger partial charge >= 0.3 is 12.0 Å². The number of carbonyl (C=O) groups excluding carboxylic acids is 1. The first-order valence-electron chi connectivity index (χ1n) is 6.56. The predicted molar refractivity (Wildman–Crippen MR) is 80.5 cm³/mol. The van der Waals surface area contributed by atoms with Crippen molar-refractivity contribution in [3.8, 4) is 0 Å². The minimum Gasteiger partial charge on any atom is -0.481 e. The van der Waals surface area contributed by atoms with Crippen LogP contribution in [-0.4, -0.2) is 23.7 Å². The molecule has 1 aromatic carbocycles. The maximum Gasteiger partial charge on any atom is 0.315 e. The molecule has 6 heteroatoms. The van der Waals surface area contributed by atoms with E-state index < -0.39 is 5.97 Å². The van der Waals surface area contributed by atoms with Crippen molar-refractivity contribution in [1.29, 1.82) is 0 Å². The van der Waals surface area contributed by atoms with Crippen LogP contribution in [0.15, 0.2) is 28.7 Å². The van der Waals surface area contributed by atoms with Crippen molar-refractivity contribution in [3.63, 3.8) is 0 Å². The van der Waals surface area contributed by atoms with Crippen LogP contribution in [0.3, 0.4) is 0 Å². The molecule has 0 aliphatic rings. The summed E-state index contributed by atoms with van der Waals surface area (Å²) in [6.07, 6.45) is 2.43. The van der Waals surface area contributed by atoms with Crippen LogP contribution in [-0.2, 0) is 11.3 Å². The number of carbonyl (C=O) groups is 2. The van der Waals surface area contributed by atoms with Gasteiger partial charge in [0.15, 0.2) is 0 Å². The Morgan fingerprint density at radius 2 is 1.85 bits per heavy atom. The van der Waals surface area contributed by atoms with Crippen molar-refractivity contribution in [3.05, 3.63) is 34.3 Å². The summed E-state index contributed by atoms with van der Waals surface area (Å²) in [6.45, 7) is 1.02. The summed E-state index contributed by atoms with van der Waals surface area (Å²) in [5, 5.41) is 14.0. The monoisotopic (exact) mass is 342 g/mol. The van der Waals surface area contributed by atoms with Gasteiger partial charge in [-0.2, -0.15) is 0 Å². The molecule has 0 aromatic heterocycles. The van der Waals surface area contributed by atoms with Crippen LogP contribution in [0.5, 0.6) is 0 Å². The van der Waals surface area contributed by atoms with Crippen LogP contribution in [0.2, 0.25) is 0 Å². The third kappa shape index (κ3) is 7.13. The second-order valence-corrected chi connectivity index (χ2v) is 5.26. The number of carboxylic acids is 1. The van der Waals surface area contributed by atoms with Gasteiger partial charge in [0.25, 0.3) is 0 Å². The van der Waals surface area contributed by atoms with E-state index in [0.29, 0.717) is 19.5 Å². The van der Waals surface area contributed by atoms with Gasteiger partial charge in [0.1, 0.15) is 0 Å². The van der Waals surface area contributed by atoms with E-state index in [0.717, 1.165) is 22.9 Å². The molecule has 0 unspecified atom stereocenters. The SMILES string of the molecule is O=C(O)CCCCCNC(=O)NCc1ccccc1Br. The number of unbranched alkanes of at least 4 members (excludes halogenated alkanes) is 2. The molecule has 3 N–H and O–H groups in total. The van der Waals surface area contributed by atoms with Gasteiger partial charge in [0.2, 0.25) is 0 Å². The lowest BCUT2D eigenvalue weighted by Gasteiger charge is -2.08. The van der Waals surface area contributed by atoms with E-state index in [4.69, 9.17) is 5.11 Å². The van der Waals surface area contributed by atoms with E-state index in [-0.39, 0.29) is 12.5 Å². The topological polar surface area (TPSA) is 78.4 Å². The van der Waals surface area contributed by atoms with Crippen LogP contribution in [0, 0.1) is 0 Å². The zero-order valence-electron chi connectivity index (χ0n) is 11.2. The van der Waals surface area contributed by atoms with E-state index in [2.05, 4.69) is 26.6 Å². The Labute approximate surface area is 126 Å². The molecule has 0 heterocycles. The number of aliphatic carboxylic acids is 1. The first kappa shape index (κ1) is 16.5. The third-order valence-corrected chi connectivity index (χ3v) is 3.52. The van der Waals surface area contributed by atoms with Crippen LogP contribution >= 0.6 is 15.9 Å². The highest BCUT2D eigenvalue weighted by Crippen LogP contribution is 2.15. The molecule has 5 nitrogen and oxygen atoms in total. The molecule has 0 fully saturated rings. The summed E-state index contributed by atoms with van der Waals surface area (Å²) in [7, 11) is 0. The molecule has 0 aliphatic heterocycles. The number of amides is 2. The van der Waals surface area contributed by atoms with E-state index >= 15 is 0 Å². The fourth-order valence-electron chi connectivity index (χ4n) is 1.66. The van der Waals surface area contributed by atoms with Gasteiger partial charge in [-0.05, 0) is 24.5 Å². The molecule has 0 aliphatic carbocycles. The number of benzene rings is 1. The number of hydrogen-bond donors (Lipinski definition) is 3. The average Bonchev–Trinajstić information content (AvgIpc) is 2.41. The Balaban J connectivity index is 2.09. The van der Waals surface area contributed by atoms with E-state index in [1.54, 1.807) is 0 Å². The smallest absolute Gasteiger partial charge is 0.315 e. The van der Waals surface area contributed by atoms with Gasteiger partial charge in [-0.3, -0.25) is 4.79 Å². The maximum atomic E-state index is 11.5. The number of carboxylic acid groups (broad SMARTS) is 1. The molecular formula is C14H19BrN2O3. The minimum atomic E-state index is -0.774. The number of urea groups is 1. The molecule has 0 bridgehead atoms. The van der Waals surface area contributed by atoms with Gasteiger partial charge in [-0.15, -0.1) is 0 Å². The molecular weight excluding hydrogens is 324 g/mol. The van der Waals surface area contributed by atoms with Crippen LogP contribution < -0.4 is 10.6 Å². The van der Waals surface area contributed by atoms with E-state index in [1.165, 1.54) is 0 Å². The molecule has 0 saturated carbocycles. The van der Waals surface area contributed by atoms with E-state index in [1.807, 2.05) is 24.3 Å². The Morgan fingerprint density at radius 3 is 2.55 bits per heavy atom. The molecule has 0 saturated heterocycles. The largest absolute Gasteiger partial charge is 0.481 e. The van der Waals surface area contributed by atoms with Crippen LogP contribution in [0.4, 0.5) is 4.79 Å². The molecule has 0 spiro atoms. The number of hydrogen-bond acceptors (Lipinski definition) is 2. The van der Waals surface area contributed by atoms with Gasteiger partial charge in [0, 0.05) is 24.0 Å². The summed E-state index contributed by atoms with van der Waals surface area (Å²) in [6, 6.07) is 7.50. The lowest BCUT2D eigenvalue weighted by atomic mass is 10.2. The molecule has 110 valence electrons. The fraction of sp³-hybridized carbons (Fsp3) is 0.429.